The molecule has 2 unspecified atom stereocenters. The van der Waals surface area contributed by atoms with Crippen LogP contribution >= 0.6 is 0 Å². The summed E-state index contributed by atoms with van der Waals surface area (Å²) in [4.78, 5) is 12.1. The fourth-order valence-electron chi connectivity index (χ4n) is 2.03. The van der Waals surface area contributed by atoms with E-state index >= 15 is 0 Å². The van der Waals surface area contributed by atoms with E-state index in [0.29, 0.717) is 6.61 Å². The summed E-state index contributed by atoms with van der Waals surface area (Å²) in [5.74, 6) is -0.623. The average molecular weight is 251 g/mol. The molecule has 0 aliphatic carbocycles. The van der Waals surface area contributed by atoms with Gasteiger partial charge < -0.3 is 20.3 Å². The number of carbonyl (C=O) groups is 1. The number of amides is 1. The highest BCUT2D eigenvalue weighted by Gasteiger charge is 2.38. The number of nitrogens with one attached hydrogen (secondary N) is 1. The first-order valence-electron chi connectivity index (χ1n) is 5.88. The second-order valence-corrected chi connectivity index (χ2v) is 4.84. The minimum Gasteiger partial charge on any atom is -0.508 e. The topological polar surface area (TPSA) is 78.8 Å². The van der Waals surface area contributed by atoms with E-state index in [9.17, 15) is 15.0 Å². The Hall–Kier alpha value is -1.75. The lowest BCUT2D eigenvalue weighted by molar-refractivity contribution is 0.0725. The van der Waals surface area contributed by atoms with Gasteiger partial charge in [0.25, 0.3) is 5.91 Å². The third kappa shape index (κ3) is 2.26. The fraction of sp³-hybridized carbons (Fsp3) is 0.462. The van der Waals surface area contributed by atoms with Crippen LogP contribution in [0.5, 0.6) is 11.5 Å². The van der Waals surface area contributed by atoms with Crippen molar-refractivity contribution in [2.75, 3.05) is 6.61 Å². The van der Waals surface area contributed by atoms with Crippen LogP contribution in [0.1, 0.15) is 30.6 Å². The monoisotopic (exact) mass is 251 g/mol. The van der Waals surface area contributed by atoms with Crippen LogP contribution in [0.3, 0.4) is 0 Å². The molecule has 0 saturated carbocycles. The summed E-state index contributed by atoms with van der Waals surface area (Å²) in [6, 6.07) is 3.87. The van der Waals surface area contributed by atoms with Crippen molar-refractivity contribution in [3.05, 3.63) is 23.8 Å². The van der Waals surface area contributed by atoms with Crippen molar-refractivity contribution in [3.63, 3.8) is 0 Å². The Morgan fingerprint density at radius 2 is 2.22 bits per heavy atom. The molecule has 18 heavy (non-hydrogen) atoms. The molecule has 1 aromatic carbocycles. The molecule has 1 saturated heterocycles. The molecule has 1 aliphatic rings. The zero-order chi connectivity index (χ0) is 13.3. The number of phenols is 2. The molecular weight excluding hydrogens is 234 g/mol. The minimum absolute atomic E-state index is 0.0566. The highest BCUT2D eigenvalue weighted by atomic mass is 16.5. The lowest BCUT2D eigenvalue weighted by Gasteiger charge is -2.29. The molecule has 1 aromatic rings. The lowest BCUT2D eigenvalue weighted by Crippen LogP contribution is -2.50. The number of aromatic hydroxyl groups is 2. The number of rotatable bonds is 2. The number of carbonyl (C=O) groups excluding carboxylic acids is 1. The van der Waals surface area contributed by atoms with Crippen molar-refractivity contribution in [3.8, 4) is 11.5 Å². The molecule has 1 heterocycles. The summed E-state index contributed by atoms with van der Waals surface area (Å²) in [7, 11) is 0. The Labute approximate surface area is 105 Å². The van der Waals surface area contributed by atoms with Crippen LogP contribution in [0.25, 0.3) is 0 Å². The summed E-state index contributed by atoms with van der Waals surface area (Å²) >= 11 is 0. The minimum atomic E-state index is -0.449. The molecule has 5 nitrogen and oxygen atoms in total. The van der Waals surface area contributed by atoms with Crippen LogP contribution in [-0.4, -0.2) is 34.4 Å². The Balaban J connectivity index is 2.19. The molecule has 2 rings (SSSR count). The summed E-state index contributed by atoms with van der Waals surface area (Å²) in [5, 5.41) is 21.8. The molecule has 0 bridgehead atoms. The normalized spacial score (nSPS) is 27.1. The molecule has 0 spiro atoms. The number of hydrogen-bond donors (Lipinski definition) is 3. The quantitative estimate of drug-likeness (QED) is 0.694. The summed E-state index contributed by atoms with van der Waals surface area (Å²) in [5.41, 5.74) is -0.384. The predicted octanol–water partition coefficient (Wildman–Crippen LogP) is 1.40. The van der Waals surface area contributed by atoms with Gasteiger partial charge in [-0.15, -0.1) is 0 Å². The van der Waals surface area contributed by atoms with Crippen LogP contribution in [0, 0.1) is 0 Å². The predicted molar refractivity (Wildman–Crippen MR) is 65.7 cm³/mol. The first-order valence-corrected chi connectivity index (χ1v) is 5.88. The second-order valence-electron chi connectivity index (χ2n) is 4.84. The van der Waals surface area contributed by atoms with E-state index in [4.69, 9.17) is 4.74 Å². The van der Waals surface area contributed by atoms with Crippen molar-refractivity contribution < 1.29 is 19.7 Å². The molecule has 1 amide bonds. The first kappa shape index (κ1) is 12.7. The van der Waals surface area contributed by atoms with E-state index in [1.807, 2.05) is 13.8 Å². The largest absolute Gasteiger partial charge is 0.508 e. The van der Waals surface area contributed by atoms with E-state index in [-0.39, 0.29) is 23.2 Å². The number of hydrogen-bond acceptors (Lipinski definition) is 4. The Bertz CT molecular complexity index is 474. The number of benzene rings is 1. The van der Waals surface area contributed by atoms with E-state index < -0.39 is 11.4 Å². The average Bonchev–Trinajstić information content (AvgIpc) is 2.62. The lowest BCUT2D eigenvalue weighted by atomic mass is 9.94. The second kappa shape index (κ2) is 4.49. The van der Waals surface area contributed by atoms with Gasteiger partial charge in [-0.2, -0.15) is 0 Å². The maximum atomic E-state index is 12.1. The molecule has 3 N–H and O–H groups in total. The van der Waals surface area contributed by atoms with Crippen LogP contribution in [-0.2, 0) is 4.74 Å². The van der Waals surface area contributed by atoms with E-state index in [0.717, 1.165) is 6.42 Å². The molecule has 1 aliphatic heterocycles. The molecule has 98 valence electrons. The maximum Gasteiger partial charge on any atom is 0.255 e. The van der Waals surface area contributed by atoms with Crippen molar-refractivity contribution in [2.45, 2.75) is 31.9 Å². The van der Waals surface area contributed by atoms with Crippen LogP contribution in [0.4, 0.5) is 0 Å². The van der Waals surface area contributed by atoms with Crippen LogP contribution < -0.4 is 5.32 Å². The van der Waals surface area contributed by atoms with Gasteiger partial charge in [0.15, 0.2) is 0 Å². The van der Waals surface area contributed by atoms with E-state index in [1.54, 1.807) is 0 Å². The van der Waals surface area contributed by atoms with Gasteiger partial charge in [0, 0.05) is 6.61 Å². The zero-order valence-corrected chi connectivity index (χ0v) is 10.4. The number of phenolic OH excluding ortho intramolecular Hbond substituents is 2. The Kier molecular flexibility index (Phi) is 3.17. The molecule has 5 heteroatoms. The van der Waals surface area contributed by atoms with Gasteiger partial charge in [0.1, 0.15) is 11.5 Å². The Morgan fingerprint density at radius 1 is 1.50 bits per heavy atom. The van der Waals surface area contributed by atoms with Gasteiger partial charge in [-0.05, 0) is 38.5 Å². The van der Waals surface area contributed by atoms with Gasteiger partial charge in [-0.1, -0.05) is 0 Å². The van der Waals surface area contributed by atoms with Gasteiger partial charge >= 0.3 is 0 Å². The third-order valence-electron chi connectivity index (χ3n) is 3.51. The SMILES string of the molecule is CC1OCCC1(C)NC(=O)c1cc(O)ccc1O. The van der Waals surface area contributed by atoms with Gasteiger partial charge in [0.2, 0.25) is 0 Å². The molecule has 1 fully saturated rings. The summed E-state index contributed by atoms with van der Waals surface area (Å²) in [6.07, 6.45) is 0.639. The molecule has 2 atom stereocenters. The standard InChI is InChI=1S/C13H17NO4/c1-8-13(2,5-6-18-8)14-12(17)10-7-9(15)3-4-11(10)16/h3-4,7-8,15-16H,5-6H2,1-2H3,(H,14,17). The third-order valence-corrected chi connectivity index (χ3v) is 3.51. The maximum absolute atomic E-state index is 12.1. The van der Waals surface area contributed by atoms with Gasteiger partial charge in [-0.3, -0.25) is 4.79 Å². The van der Waals surface area contributed by atoms with Crippen molar-refractivity contribution in [1.29, 1.82) is 0 Å². The highest BCUT2D eigenvalue weighted by Crippen LogP contribution is 2.27. The number of ether oxygens (including phenoxy) is 1. The van der Waals surface area contributed by atoms with Crippen molar-refractivity contribution in [1.82, 2.24) is 5.32 Å². The smallest absolute Gasteiger partial charge is 0.255 e. The van der Waals surface area contributed by atoms with Crippen LogP contribution in [0.15, 0.2) is 18.2 Å². The van der Waals surface area contributed by atoms with Crippen molar-refractivity contribution in [2.24, 2.45) is 0 Å². The molecule has 0 aromatic heterocycles. The Morgan fingerprint density at radius 3 is 2.83 bits per heavy atom. The zero-order valence-electron chi connectivity index (χ0n) is 10.4. The van der Waals surface area contributed by atoms with Gasteiger partial charge in [-0.25, -0.2) is 0 Å². The van der Waals surface area contributed by atoms with E-state index in [2.05, 4.69) is 5.32 Å². The first-order chi connectivity index (χ1) is 8.42. The van der Waals surface area contributed by atoms with Crippen molar-refractivity contribution >= 4 is 5.91 Å². The summed E-state index contributed by atoms with van der Waals surface area (Å²) < 4.78 is 5.43. The van der Waals surface area contributed by atoms with E-state index in [1.165, 1.54) is 18.2 Å². The fourth-order valence-corrected chi connectivity index (χ4v) is 2.03. The van der Waals surface area contributed by atoms with Gasteiger partial charge in [0.05, 0.1) is 17.2 Å². The summed E-state index contributed by atoms with van der Waals surface area (Å²) in [6.45, 7) is 4.40. The molecular formula is C13H17NO4. The van der Waals surface area contributed by atoms with Crippen LogP contribution in [0.2, 0.25) is 0 Å². The molecule has 0 radical (unpaired) electrons. The highest BCUT2D eigenvalue weighted by molar-refractivity contribution is 5.97.